The normalized spacial score (nSPS) is 17.1. The van der Waals surface area contributed by atoms with Gasteiger partial charge in [-0.05, 0) is 33.7 Å². The molecule has 1 aliphatic rings. The van der Waals surface area contributed by atoms with Gasteiger partial charge in [-0.15, -0.1) is 0 Å². The molecule has 4 atom stereocenters. The molecule has 0 radical (unpaired) electrons. The second kappa shape index (κ2) is 16.4. The van der Waals surface area contributed by atoms with E-state index in [1.807, 2.05) is 115 Å². The van der Waals surface area contributed by atoms with Crippen LogP contribution in [0.15, 0.2) is 115 Å². The maximum atomic E-state index is 14.1. The van der Waals surface area contributed by atoms with Gasteiger partial charge >= 0.3 is 6.09 Å². The molecule has 0 saturated heterocycles. The van der Waals surface area contributed by atoms with E-state index in [1.165, 1.54) is 5.01 Å². The molecule has 256 valence electrons. The fraction of sp³-hybridized carbons (Fsp3) is 0.308. The van der Waals surface area contributed by atoms with Crippen LogP contribution in [0.4, 0.5) is 4.79 Å². The second-order valence-electron chi connectivity index (χ2n) is 12.9. The summed E-state index contributed by atoms with van der Waals surface area (Å²) in [6.45, 7) is 3.48. The van der Waals surface area contributed by atoms with Crippen LogP contribution in [0, 0.1) is 5.92 Å². The number of aliphatic hydroxyl groups is 2. The number of nitrogens with one attached hydrogen (secondary N) is 3. The van der Waals surface area contributed by atoms with Crippen molar-refractivity contribution in [3.8, 4) is 0 Å². The van der Waals surface area contributed by atoms with Crippen LogP contribution in [-0.2, 0) is 40.3 Å². The van der Waals surface area contributed by atoms with Gasteiger partial charge in [0, 0.05) is 19.4 Å². The molecule has 5 rings (SSSR count). The minimum Gasteiger partial charge on any atom is -0.445 e. The first-order valence-corrected chi connectivity index (χ1v) is 16.5. The summed E-state index contributed by atoms with van der Waals surface area (Å²) in [6, 6.07) is 33.5. The predicted octanol–water partition coefficient (Wildman–Crippen LogP) is 4.22. The lowest BCUT2D eigenvalue weighted by atomic mass is 9.92. The monoisotopic (exact) mass is 664 g/mol. The quantitative estimate of drug-likeness (QED) is 0.127. The van der Waals surface area contributed by atoms with Crippen molar-refractivity contribution in [1.29, 1.82) is 0 Å². The number of nitrogens with zero attached hydrogens (tertiary/aromatic N) is 1. The van der Waals surface area contributed by atoms with Crippen molar-refractivity contribution < 1.29 is 29.3 Å². The molecule has 0 fully saturated rings. The number of hydrazine groups is 1. The largest absolute Gasteiger partial charge is 0.445 e. The van der Waals surface area contributed by atoms with Crippen LogP contribution in [0.3, 0.4) is 0 Å². The van der Waals surface area contributed by atoms with E-state index in [-0.39, 0.29) is 32.0 Å². The number of aliphatic hydroxyl groups excluding tert-OH is 1. The number of hydrogen-bond donors (Lipinski definition) is 5. The fourth-order valence-electron chi connectivity index (χ4n) is 6.07. The molecule has 0 spiro atoms. The number of amides is 3. The average Bonchev–Trinajstić information content (AvgIpc) is 3.41. The minimum absolute atomic E-state index is 0.0427. The van der Waals surface area contributed by atoms with E-state index < -0.39 is 41.7 Å². The topological polar surface area (TPSA) is 140 Å². The van der Waals surface area contributed by atoms with Crippen molar-refractivity contribution in [2.75, 3.05) is 6.54 Å². The molecule has 0 aliphatic heterocycles. The van der Waals surface area contributed by atoms with Gasteiger partial charge in [0.2, 0.25) is 0 Å². The van der Waals surface area contributed by atoms with E-state index in [0.29, 0.717) is 12.0 Å². The number of carbonyl (C=O) groups excluding carboxylic acids is 3. The van der Waals surface area contributed by atoms with E-state index in [1.54, 1.807) is 13.8 Å². The van der Waals surface area contributed by atoms with Gasteiger partial charge in [0.25, 0.3) is 11.8 Å². The Hall–Kier alpha value is -5.03. The molecule has 0 unspecified atom stereocenters. The summed E-state index contributed by atoms with van der Waals surface area (Å²) in [4.78, 5) is 40.7. The molecule has 0 heterocycles. The van der Waals surface area contributed by atoms with Crippen molar-refractivity contribution in [2.45, 2.75) is 63.6 Å². The van der Waals surface area contributed by atoms with E-state index in [4.69, 9.17) is 4.74 Å². The standard InChI is InChI=1S/C39H44N4O6/c1-27(2)34(41-38(47)49-25-30-18-10-5-11-19-30)36(45)42-43(24-29-16-8-4-9-17-29)26-39(48,23-28-14-6-3-7-15-28)37(46)40-35-32-21-13-12-20-31(32)22-33(35)44/h3-21,27,33-35,44,48H,22-26H2,1-2H3,(H,40,46)(H,41,47)(H,42,45)/t33-,34+,35+,39-/m1/s1. The Morgan fingerprint density at radius 2 is 1.41 bits per heavy atom. The first kappa shape index (κ1) is 35.3. The number of ether oxygens (including phenoxy) is 1. The number of fused-ring (bicyclic) bond motifs is 1. The number of rotatable bonds is 14. The van der Waals surface area contributed by atoms with Gasteiger partial charge in [0.05, 0.1) is 18.7 Å². The maximum absolute atomic E-state index is 14.1. The van der Waals surface area contributed by atoms with Crippen molar-refractivity contribution in [2.24, 2.45) is 5.92 Å². The summed E-state index contributed by atoms with van der Waals surface area (Å²) in [7, 11) is 0. The molecule has 0 saturated carbocycles. The first-order chi connectivity index (χ1) is 23.6. The number of hydrogen-bond acceptors (Lipinski definition) is 7. The number of alkyl carbamates (subject to hydrolysis) is 1. The smallest absolute Gasteiger partial charge is 0.408 e. The third kappa shape index (κ3) is 9.54. The van der Waals surface area contributed by atoms with Crippen LogP contribution in [0.5, 0.6) is 0 Å². The zero-order chi connectivity index (χ0) is 34.8. The third-order valence-electron chi connectivity index (χ3n) is 8.62. The lowest BCUT2D eigenvalue weighted by Gasteiger charge is -2.36. The van der Waals surface area contributed by atoms with E-state index in [2.05, 4.69) is 16.1 Å². The molecular weight excluding hydrogens is 620 g/mol. The van der Waals surface area contributed by atoms with Gasteiger partial charge in [-0.3, -0.25) is 15.0 Å². The highest BCUT2D eigenvalue weighted by atomic mass is 16.5. The minimum atomic E-state index is -2.05. The van der Waals surface area contributed by atoms with Crippen molar-refractivity contribution in [3.05, 3.63) is 143 Å². The summed E-state index contributed by atoms with van der Waals surface area (Å²) < 4.78 is 5.38. The van der Waals surface area contributed by atoms with E-state index in [9.17, 15) is 24.6 Å². The Morgan fingerprint density at radius 1 is 0.837 bits per heavy atom. The lowest BCUT2D eigenvalue weighted by Crippen LogP contribution is -2.61. The first-order valence-electron chi connectivity index (χ1n) is 16.5. The summed E-state index contributed by atoms with van der Waals surface area (Å²) in [5.41, 5.74) is 4.89. The summed E-state index contributed by atoms with van der Waals surface area (Å²) >= 11 is 0. The maximum Gasteiger partial charge on any atom is 0.408 e. The van der Waals surface area contributed by atoms with Gasteiger partial charge in [-0.25, -0.2) is 9.80 Å². The molecule has 49 heavy (non-hydrogen) atoms. The zero-order valence-electron chi connectivity index (χ0n) is 27.8. The second-order valence-corrected chi connectivity index (χ2v) is 12.9. The fourth-order valence-corrected chi connectivity index (χ4v) is 6.07. The van der Waals surface area contributed by atoms with Crippen LogP contribution < -0.4 is 16.1 Å². The SMILES string of the molecule is CC(C)[C@H](NC(=O)OCc1ccccc1)C(=O)NN(Cc1ccccc1)C[C@](O)(Cc1ccccc1)C(=O)N[C@H]1c2ccccc2C[C@H]1O. The van der Waals surface area contributed by atoms with Crippen molar-refractivity contribution in [3.63, 3.8) is 0 Å². The van der Waals surface area contributed by atoms with Crippen LogP contribution >= 0.6 is 0 Å². The van der Waals surface area contributed by atoms with E-state index in [0.717, 1.165) is 22.3 Å². The third-order valence-corrected chi connectivity index (χ3v) is 8.62. The summed E-state index contributed by atoms with van der Waals surface area (Å²) in [6.07, 6.45) is -1.29. The molecule has 0 bridgehead atoms. The van der Waals surface area contributed by atoms with Crippen LogP contribution in [0.2, 0.25) is 0 Å². The molecule has 0 aromatic heterocycles. The van der Waals surface area contributed by atoms with Gasteiger partial charge < -0.3 is 25.6 Å². The highest BCUT2D eigenvalue weighted by molar-refractivity contribution is 5.87. The molecule has 10 nitrogen and oxygen atoms in total. The zero-order valence-corrected chi connectivity index (χ0v) is 27.8. The lowest BCUT2D eigenvalue weighted by molar-refractivity contribution is -0.147. The number of benzene rings is 4. The van der Waals surface area contributed by atoms with Crippen LogP contribution in [0.25, 0.3) is 0 Å². The molecule has 4 aromatic carbocycles. The van der Waals surface area contributed by atoms with Gasteiger partial charge in [-0.1, -0.05) is 129 Å². The van der Waals surface area contributed by atoms with Crippen molar-refractivity contribution >= 4 is 17.9 Å². The van der Waals surface area contributed by atoms with Crippen molar-refractivity contribution in [1.82, 2.24) is 21.1 Å². The Morgan fingerprint density at radius 3 is 2.04 bits per heavy atom. The predicted molar refractivity (Wildman–Crippen MR) is 186 cm³/mol. The molecule has 3 amide bonds. The van der Waals surface area contributed by atoms with Crippen LogP contribution in [0.1, 0.15) is 47.7 Å². The van der Waals surface area contributed by atoms with Gasteiger partial charge in [-0.2, -0.15) is 0 Å². The van der Waals surface area contributed by atoms with Gasteiger partial charge in [0.1, 0.15) is 12.6 Å². The van der Waals surface area contributed by atoms with Crippen LogP contribution in [-0.4, -0.2) is 57.4 Å². The Balaban J connectivity index is 1.38. The molecule has 4 aromatic rings. The summed E-state index contributed by atoms with van der Waals surface area (Å²) in [5.74, 6) is -1.55. The Kier molecular flexibility index (Phi) is 11.8. The Bertz CT molecular complexity index is 1690. The number of carbonyl (C=O) groups is 3. The molecule has 5 N–H and O–H groups in total. The van der Waals surface area contributed by atoms with E-state index >= 15 is 0 Å². The molecule has 10 heteroatoms. The highest BCUT2D eigenvalue weighted by Crippen LogP contribution is 2.32. The highest BCUT2D eigenvalue weighted by Gasteiger charge is 2.42. The molecular formula is C39H44N4O6. The molecule has 1 aliphatic carbocycles. The Labute approximate surface area is 287 Å². The summed E-state index contributed by atoms with van der Waals surface area (Å²) in [5, 5.41) is 30.3. The van der Waals surface area contributed by atoms with Gasteiger partial charge in [0.15, 0.2) is 5.60 Å². The average molecular weight is 665 g/mol.